The highest BCUT2D eigenvalue weighted by molar-refractivity contribution is 5.67. The van der Waals surface area contributed by atoms with Gasteiger partial charge < -0.3 is 5.73 Å². The maximum Gasteiger partial charge on any atom is 0.108 e. The summed E-state index contributed by atoms with van der Waals surface area (Å²) < 4.78 is 0. The van der Waals surface area contributed by atoms with Crippen LogP contribution in [0.2, 0.25) is 0 Å². The van der Waals surface area contributed by atoms with Crippen LogP contribution in [-0.4, -0.2) is 0 Å². The van der Waals surface area contributed by atoms with E-state index in [1.54, 1.807) is 12.1 Å². The Labute approximate surface area is 87.5 Å². The van der Waals surface area contributed by atoms with Gasteiger partial charge >= 0.3 is 0 Å². The van der Waals surface area contributed by atoms with Gasteiger partial charge in [0.25, 0.3) is 0 Å². The Morgan fingerprint density at radius 3 is 1.73 bits per heavy atom. The summed E-state index contributed by atoms with van der Waals surface area (Å²) in [7, 11) is 0. The van der Waals surface area contributed by atoms with Crippen molar-refractivity contribution in [2.75, 3.05) is 5.73 Å². The Balaban J connectivity index is 2.37. The summed E-state index contributed by atoms with van der Waals surface area (Å²) >= 11 is 0. The number of hydrogen-bond donors (Lipinski definition) is 1. The molecule has 0 aliphatic heterocycles. The first-order chi connectivity index (χ1) is 7.29. The zero-order chi connectivity index (χ0) is 10.7. The fraction of sp³-hybridized carbons (Fsp3) is 0. The number of rotatable bonds is 2. The molecule has 0 spiro atoms. The lowest BCUT2D eigenvalue weighted by atomic mass is 10.1. The molecule has 0 unspecified atom stereocenters. The van der Waals surface area contributed by atoms with Gasteiger partial charge in [-0.25, -0.2) is 0 Å². The predicted octanol–water partition coefficient (Wildman–Crippen LogP) is 3.33. The van der Waals surface area contributed by atoms with Gasteiger partial charge in [-0.3, -0.25) is 0 Å². The van der Waals surface area contributed by atoms with Crippen LogP contribution < -0.4 is 5.73 Å². The number of nitrogens with zero attached hydrogens (tertiary/aromatic N) is 1. The third kappa shape index (κ3) is 2.02. The molecule has 2 N–H and O–H groups in total. The summed E-state index contributed by atoms with van der Waals surface area (Å²) in [5, 5.41) is 2.85. The fourth-order valence-corrected chi connectivity index (χ4v) is 1.39. The Morgan fingerprint density at radius 2 is 1.27 bits per heavy atom. The van der Waals surface area contributed by atoms with Gasteiger partial charge in [0, 0.05) is 5.69 Å². The van der Waals surface area contributed by atoms with Crippen LogP contribution in [0, 0.1) is 4.91 Å². The van der Waals surface area contributed by atoms with Gasteiger partial charge in [0.1, 0.15) is 5.69 Å². The molecule has 0 amide bonds. The first-order valence-electron chi connectivity index (χ1n) is 4.59. The standard InChI is InChI=1S/C12H10N2O/c13-11-5-1-9(2-6-11)10-3-7-12(14-15)8-4-10/h1-8H,13H2. The number of nitroso groups, excluding NO2 is 1. The van der Waals surface area contributed by atoms with Gasteiger partial charge in [-0.1, -0.05) is 24.3 Å². The molecule has 0 aliphatic carbocycles. The maximum absolute atomic E-state index is 10.2. The number of benzene rings is 2. The minimum Gasteiger partial charge on any atom is -0.399 e. The van der Waals surface area contributed by atoms with Gasteiger partial charge in [-0.15, -0.1) is 4.91 Å². The van der Waals surface area contributed by atoms with Crippen molar-refractivity contribution in [3.63, 3.8) is 0 Å². The van der Waals surface area contributed by atoms with Crippen LogP contribution in [0.3, 0.4) is 0 Å². The van der Waals surface area contributed by atoms with E-state index < -0.39 is 0 Å². The molecule has 0 saturated carbocycles. The van der Waals surface area contributed by atoms with Crippen molar-refractivity contribution in [2.24, 2.45) is 5.18 Å². The highest BCUT2D eigenvalue weighted by Gasteiger charge is 1.97. The smallest absolute Gasteiger partial charge is 0.108 e. The van der Waals surface area contributed by atoms with Crippen molar-refractivity contribution in [1.82, 2.24) is 0 Å². The summed E-state index contributed by atoms with van der Waals surface area (Å²) in [6, 6.07) is 14.7. The summed E-state index contributed by atoms with van der Waals surface area (Å²) in [6.07, 6.45) is 0. The molecular formula is C12H10N2O. The number of nitrogen functional groups attached to an aromatic ring is 1. The molecule has 2 rings (SSSR count). The molecule has 15 heavy (non-hydrogen) atoms. The largest absolute Gasteiger partial charge is 0.399 e. The monoisotopic (exact) mass is 198 g/mol. The van der Waals surface area contributed by atoms with Crippen molar-refractivity contribution < 1.29 is 0 Å². The molecule has 74 valence electrons. The van der Waals surface area contributed by atoms with Crippen molar-refractivity contribution in [2.45, 2.75) is 0 Å². The molecule has 0 saturated heterocycles. The average molecular weight is 198 g/mol. The van der Waals surface area contributed by atoms with Crippen molar-refractivity contribution in [3.8, 4) is 11.1 Å². The molecule has 0 aliphatic rings. The van der Waals surface area contributed by atoms with E-state index in [1.165, 1.54) is 0 Å². The van der Waals surface area contributed by atoms with Crippen LogP contribution in [-0.2, 0) is 0 Å². The van der Waals surface area contributed by atoms with E-state index in [-0.39, 0.29) is 0 Å². The Hall–Kier alpha value is -2.16. The highest BCUT2D eigenvalue weighted by Crippen LogP contribution is 2.23. The second-order valence-corrected chi connectivity index (χ2v) is 3.26. The fourth-order valence-electron chi connectivity index (χ4n) is 1.39. The first-order valence-corrected chi connectivity index (χ1v) is 4.59. The lowest BCUT2D eigenvalue weighted by molar-refractivity contribution is 1.49. The van der Waals surface area contributed by atoms with Crippen molar-refractivity contribution >= 4 is 11.4 Å². The highest BCUT2D eigenvalue weighted by atomic mass is 16.3. The molecule has 3 nitrogen and oxygen atoms in total. The molecule has 0 heterocycles. The number of nitrogens with two attached hydrogens (primary N) is 1. The Bertz CT molecular complexity index is 460. The first kappa shape index (κ1) is 9.40. The summed E-state index contributed by atoms with van der Waals surface area (Å²) in [5.41, 5.74) is 8.89. The van der Waals surface area contributed by atoms with Gasteiger partial charge in [-0.05, 0) is 40.6 Å². The van der Waals surface area contributed by atoms with E-state index in [1.807, 2.05) is 36.4 Å². The zero-order valence-electron chi connectivity index (χ0n) is 8.05. The van der Waals surface area contributed by atoms with E-state index >= 15 is 0 Å². The van der Waals surface area contributed by atoms with E-state index in [0.717, 1.165) is 16.8 Å². The van der Waals surface area contributed by atoms with Gasteiger partial charge in [0.05, 0.1) is 0 Å². The molecule has 2 aromatic carbocycles. The molecule has 0 fully saturated rings. The van der Waals surface area contributed by atoms with Gasteiger partial charge in [-0.2, -0.15) is 0 Å². The van der Waals surface area contributed by atoms with Crippen LogP contribution in [0.5, 0.6) is 0 Å². The van der Waals surface area contributed by atoms with E-state index in [0.29, 0.717) is 5.69 Å². The van der Waals surface area contributed by atoms with Gasteiger partial charge in [0.15, 0.2) is 0 Å². The molecular weight excluding hydrogens is 188 g/mol. The topological polar surface area (TPSA) is 55.4 Å². The van der Waals surface area contributed by atoms with E-state index in [2.05, 4.69) is 5.18 Å². The number of anilines is 1. The van der Waals surface area contributed by atoms with Crippen molar-refractivity contribution in [3.05, 3.63) is 53.4 Å². The van der Waals surface area contributed by atoms with Crippen LogP contribution in [0.25, 0.3) is 11.1 Å². The Morgan fingerprint density at radius 1 is 0.800 bits per heavy atom. The van der Waals surface area contributed by atoms with Crippen LogP contribution in [0.15, 0.2) is 53.7 Å². The van der Waals surface area contributed by atoms with Crippen LogP contribution >= 0.6 is 0 Å². The summed E-state index contributed by atoms with van der Waals surface area (Å²) in [6.45, 7) is 0. The van der Waals surface area contributed by atoms with E-state index in [9.17, 15) is 4.91 Å². The quantitative estimate of drug-likeness (QED) is 0.594. The van der Waals surface area contributed by atoms with Crippen LogP contribution in [0.4, 0.5) is 11.4 Å². The minimum atomic E-state index is 0.439. The van der Waals surface area contributed by atoms with E-state index in [4.69, 9.17) is 5.73 Å². The molecule has 2 aromatic rings. The lowest BCUT2D eigenvalue weighted by Gasteiger charge is -2.01. The summed E-state index contributed by atoms with van der Waals surface area (Å²) in [5.74, 6) is 0. The molecule has 0 atom stereocenters. The summed E-state index contributed by atoms with van der Waals surface area (Å²) in [4.78, 5) is 10.2. The minimum absolute atomic E-state index is 0.439. The SMILES string of the molecule is Nc1ccc(-c2ccc(N=O)cc2)cc1. The zero-order valence-corrected chi connectivity index (χ0v) is 8.05. The van der Waals surface area contributed by atoms with Crippen molar-refractivity contribution in [1.29, 1.82) is 0 Å². The number of hydrogen-bond acceptors (Lipinski definition) is 3. The van der Waals surface area contributed by atoms with Gasteiger partial charge in [0.2, 0.25) is 0 Å². The predicted molar refractivity (Wildman–Crippen MR) is 61.7 cm³/mol. The third-order valence-corrected chi connectivity index (χ3v) is 2.22. The molecule has 0 bridgehead atoms. The normalized spacial score (nSPS) is 9.87. The third-order valence-electron chi connectivity index (χ3n) is 2.22. The average Bonchev–Trinajstić information content (AvgIpc) is 2.30. The Kier molecular flexibility index (Phi) is 2.46. The lowest BCUT2D eigenvalue weighted by Crippen LogP contribution is -1.83. The maximum atomic E-state index is 10.2. The second-order valence-electron chi connectivity index (χ2n) is 3.26. The molecule has 3 heteroatoms. The molecule has 0 radical (unpaired) electrons. The second kappa shape index (κ2) is 3.92. The van der Waals surface area contributed by atoms with Crippen LogP contribution in [0.1, 0.15) is 0 Å². The molecule has 0 aromatic heterocycles.